The Labute approximate surface area is 187 Å². The van der Waals surface area contributed by atoms with Gasteiger partial charge in [0.1, 0.15) is 17.3 Å². The van der Waals surface area contributed by atoms with Crippen molar-refractivity contribution in [3.05, 3.63) is 92.7 Å². The van der Waals surface area contributed by atoms with E-state index in [9.17, 15) is 4.39 Å². The molecule has 0 aromatic heterocycles. The number of fused-ring (bicyclic) bond motifs is 3. The van der Waals surface area contributed by atoms with Crippen LogP contribution in [-0.4, -0.2) is 17.8 Å². The summed E-state index contributed by atoms with van der Waals surface area (Å²) in [5, 5.41) is 7.50. The van der Waals surface area contributed by atoms with Crippen LogP contribution in [0, 0.1) is 5.82 Å². The second-order valence-corrected chi connectivity index (χ2v) is 8.49. The lowest BCUT2D eigenvalue weighted by Crippen LogP contribution is -2.33. The summed E-state index contributed by atoms with van der Waals surface area (Å²) >= 11 is 9.83. The first-order valence-electron chi connectivity index (χ1n) is 9.45. The standard InChI is InChI=1S/C23H17BrClFN2O2/c1-29-22-8-4-14(10-18(22)24)23-28-20(17-11-15(25)5-9-21(17)30-23)12-19(27-28)13-2-6-16(26)7-3-13/h2-11,20,23H,12H2,1H3/t20-,23+/m0/s1. The lowest BCUT2D eigenvalue weighted by Gasteiger charge is -2.38. The highest BCUT2D eigenvalue weighted by molar-refractivity contribution is 9.10. The lowest BCUT2D eigenvalue weighted by molar-refractivity contribution is -0.0190. The van der Waals surface area contributed by atoms with E-state index in [1.165, 1.54) is 12.1 Å². The number of benzene rings is 3. The molecule has 0 unspecified atom stereocenters. The molecule has 152 valence electrons. The van der Waals surface area contributed by atoms with Gasteiger partial charge in [-0.25, -0.2) is 9.40 Å². The summed E-state index contributed by atoms with van der Waals surface area (Å²) in [5.41, 5.74) is 3.71. The average Bonchev–Trinajstić information content (AvgIpc) is 3.19. The Morgan fingerprint density at radius 1 is 1.13 bits per heavy atom. The zero-order valence-corrected chi connectivity index (χ0v) is 18.3. The predicted octanol–water partition coefficient (Wildman–Crippen LogP) is 6.49. The Morgan fingerprint density at radius 2 is 1.93 bits per heavy atom. The molecule has 2 atom stereocenters. The van der Waals surface area contributed by atoms with E-state index >= 15 is 0 Å². The van der Waals surface area contributed by atoms with Crippen molar-refractivity contribution >= 4 is 33.2 Å². The number of hydrazone groups is 1. The van der Waals surface area contributed by atoms with E-state index in [-0.39, 0.29) is 11.9 Å². The second kappa shape index (κ2) is 7.60. The third-order valence-electron chi connectivity index (χ3n) is 5.39. The lowest BCUT2D eigenvalue weighted by atomic mass is 9.96. The molecule has 0 N–H and O–H groups in total. The molecular formula is C23H17BrClFN2O2. The molecule has 4 nitrogen and oxygen atoms in total. The minimum Gasteiger partial charge on any atom is -0.496 e. The molecular weight excluding hydrogens is 471 g/mol. The monoisotopic (exact) mass is 486 g/mol. The molecule has 0 bridgehead atoms. The number of nitrogens with zero attached hydrogens (tertiary/aromatic N) is 2. The smallest absolute Gasteiger partial charge is 0.213 e. The van der Waals surface area contributed by atoms with Gasteiger partial charge < -0.3 is 9.47 Å². The molecule has 30 heavy (non-hydrogen) atoms. The molecule has 2 heterocycles. The van der Waals surface area contributed by atoms with Crippen LogP contribution in [0.2, 0.25) is 5.02 Å². The van der Waals surface area contributed by atoms with Gasteiger partial charge in [-0.1, -0.05) is 23.7 Å². The number of ether oxygens (including phenoxy) is 2. The van der Waals surface area contributed by atoms with Crippen molar-refractivity contribution in [3.63, 3.8) is 0 Å². The van der Waals surface area contributed by atoms with Crippen LogP contribution in [0.4, 0.5) is 4.39 Å². The maximum atomic E-state index is 13.4. The fraction of sp³-hybridized carbons (Fsp3) is 0.174. The van der Waals surface area contributed by atoms with Crippen LogP contribution < -0.4 is 9.47 Å². The summed E-state index contributed by atoms with van der Waals surface area (Å²) in [6.45, 7) is 0. The Bertz CT molecular complexity index is 1150. The zero-order valence-electron chi connectivity index (χ0n) is 16.0. The van der Waals surface area contributed by atoms with Crippen molar-refractivity contribution in [2.24, 2.45) is 5.10 Å². The van der Waals surface area contributed by atoms with Gasteiger partial charge in [-0.3, -0.25) is 0 Å². The molecule has 2 aliphatic rings. The Morgan fingerprint density at radius 3 is 2.67 bits per heavy atom. The van der Waals surface area contributed by atoms with E-state index in [0.717, 1.165) is 38.4 Å². The topological polar surface area (TPSA) is 34.1 Å². The fourth-order valence-corrected chi connectivity index (χ4v) is 4.67. The van der Waals surface area contributed by atoms with Crippen LogP contribution in [0.15, 0.2) is 70.2 Å². The molecule has 7 heteroatoms. The third-order valence-corrected chi connectivity index (χ3v) is 6.25. The Kier molecular flexibility index (Phi) is 4.91. The van der Waals surface area contributed by atoms with Crippen molar-refractivity contribution in [1.29, 1.82) is 0 Å². The molecule has 0 fully saturated rings. The largest absolute Gasteiger partial charge is 0.496 e. The summed E-state index contributed by atoms with van der Waals surface area (Å²) in [7, 11) is 1.63. The molecule has 3 aromatic carbocycles. The summed E-state index contributed by atoms with van der Waals surface area (Å²) < 4.78 is 25.9. The van der Waals surface area contributed by atoms with Crippen LogP contribution in [0.1, 0.15) is 35.4 Å². The third kappa shape index (κ3) is 3.34. The van der Waals surface area contributed by atoms with Gasteiger partial charge in [0.2, 0.25) is 6.23 Å². The van der Waals surface area contributed by atoms with Gasteiger partial charge >= 0.3 is 0 Å². The highest BCUT2D eigenvalue weighted by atomic mass is 79.9. The van der Waals surface area contributed by atoms with E-state index < -0.39 is 6.23 Å². The summed E-state index contributed by atoms with van der Waals surface area (Å²) in [4.78, 5) is 0. The van der Waals surface area contributed by atoms with Crippen molar-refractivity contribution in [3.8, 4) is 11.5 Å². The van der Waals surface area contributed by atoms with Crippen LogP contribution in [0.3, 0.4) is 0 Å². The average molecular weight is 488 g/mol. The van der Waals surface area contributed by atoms with Crippen LogP contribution in [0.25, 0.3) is 0 Å². The highest BCUT2D eigenvalue weighted by Gasteiger charge is 2.41. The molecule has 0 aliphatic carbocycles. The summed E-state index contributed by atoms with van der Waals surface area (Å²) in [5.74, 6) is 1.26. The molecule has 0 spiro atoms. The van der Waals surface area contributed by atoms with Gasteiger partial charge in [0.05, 0.1) is 23.3 Å². The zero-order chi connectivity index (χ0) is 20.8. The van der Waals surface area contributed by atoms with E-state index in [2.05, 4.69) is 15.9 Å². The van der Waals surface area contributed by atoms with E-state index in [0.29, 0.717) is 11.4 Å². The highest BCUT2D eigenvalue weighted by Crippen LogP contribution is 2.48. The minimum absolute atomic E-state index is 0.0293. The Hall–Kier alpha value is -2.57. The van der Waals surface area contributed by atoms with Crippen LogP contribution in [-0.2, 0) is 0 Å². The predicted molar refractivity (Wildman–Crippen MR) is 118 cm³/mol. The van der Waals surface area contributed by atoms with E-state index in [1.54, 1.807) is 19.2 Å². The Balaban J connectivity index is 1.59. The summed E-state index contributed by atoms with van der Waals surface area (Å²) in [6.07, 6.45) is 0.264. The molecule has 0 radical (unpaired) electrons. The number of methoxy groups -OCH3 is 1. The maximum absolute atomic E-state index is 13.4. The van der Waals surface area contributed by atoms with Gasteiger partial charge in [-0.2, -0.15) is 5.10 Å². The van der Waals surface area contributed by atoms with Gasteiger partial charge in [0.25, 0.3) is 0 Å². The van der Waals surface area contributed by atoms with Crippen molar-refractivity contribution in [1.82, 2.24) is 5.01 Å². The van der Waals surface area contributed by atoms with Crippen LogP contribution >= 0.6 is 27.5 Å². The van der Waals surface area contributed by atoms with E-state index in [4.69, 9.17) is 26.2 Å². The molecule has 2 aliphatic heterocycles. The first-order valence-corrected chi connectivity index (χ1v) is 10.6. The number of hydrogen-bond donors (Lipinski definition) is 0. The number of hydrogen-bond acceptors (Lipinski definition) is 4. The summed E-state index contributed by atoms with van der Waals surface area (Å²) in [6, 6.07) is 17.9. The molecule has 5 rings (SSSR count). The quantitative estimate of drug-likeness (QED) is 0.423. The molecule has 3 aromatic rings. The van der Waals surface area contributed by atoms with Crippen molar-refractivity contribution in [2.45, 2.75) is 18.7 Å². The fourth-order valence-electron chi connectivity index (χ4n) is 3.93. The molecule has 0 saturated heterocycles. The molecule has 0 amide bonds. The van der Waals surface area contributed by atoms with Gasteiger partial charge in [0.15, 0.2) is 0 Å². The van der Waals surface area contributed by atoms with Gasteiger partial charge in [-0.15, -0.1) is 0 Å². The maximum Gasteiger partial charge on any atom is 0.213 e. The first-order chi connectivity index (χ1) is 14.5. The minimum atomic E-state index is -0.413. The van der Waals surface area contributed by atoms with Gasteiger partial charge in [0, 0.05) is 22.6 Å². The first kappa shape index (κ1) is 19.4. The number of halogens is 3. The van der Waals surface area contributed by atoms with Crippen molar-refractivity contribution in [2.75, 3.05) is 7.11 Å². The molecule has 0 saturated carbocycles. The normalized spacial score (nSPS) is 19.6. The number of rotatable bonds is 3. The van der Waals surface area contributed by atoms with E-state index in [1.807, 2.05) is 41.4 Å². The van der Waals surface area contributed by atoms with Crippen molar-refractivity contribution < 1.29 is 13.9 Å². The van der Waals surface area contributed by atoms with Crippen LogP contribution in [0.5, 0.6) is 11.5 Å². The second-order valence-electron chi connectivity index (χ2n) is 7.20. The van der Waals surface area contributed by atoms with Gasteiger partial charge in [-0.05, 0) is 70.0 Å². The SMILES string of the molecule is COc1ccc([C@H]2Oc3ccc(Cl)cc3[C@@H]3CC(c4ccc(F)cc4)=NN23)cc1Br.